The van der Waals surface area contributed by atoms with Crippen molar-refractivity contribution >= 4 is 11.5 Å². The molecule has 0 aromatic heterocycles. The minimum Gasteiger partial charge on any atom is -0.370 e. The number of quaternary nitrogens is 1. The highest BCUT2D eigenvalue weighted by atomic mass is 16.5. The van der Waals surface area contributed by atoms with Crippen LogP contribution in [0.3, 0.4) is 0 Å². The Balaban J connectivity index is 1.83. The molecular weight excluding hydrogens is 262 g/mol. The first-order chi connectivity index (χ1) is 10.2. The van der Waals surface area contributed by atoms with Crippen LogP contribution in [0.15, 0.2) is 54.6 Å². The van der Waals surface area contributed by atoms with E-state index in [-0.39, 0.29) is 5.78 Å². The number of hydrogen-bond donors (Lipinski definition) is 0. The van der Waals surface area contributed by atoms with Crippen LogP contribution in [-0.4, -0.2) is 39.1 Å². The maximum atomic E-state index is 12.4. The number of likely N-dealkylation sites (N-methyl/N-ethyl adjacent to an activating group) is 1. The zero-order valence-corrected chi connectivity index (χ0v) is 12.3. The van der Waals surface area contributed by atoms with E-state index in [1.54, 1.807) is 0 Å². The molecule has 0 amide bonds. The van der Waals surface area contributed by atoms with Gasteiger partial charge in [-0.05, 0) is 24.3 Å². The number of hydrogen-bond acceptors (Lipinski definition) is 2. The number of ether oxygens (including phenoxy) is 1. The van der Waals surface area contributed by atoms with Gasteiger partial charge in [0.25, 0.3) is 0 Å². The number of ketones is 1. The third kappa shape index (κ3) is 2.89. The van der Waals surface area contributed by atoms with Crippen molar-refractivity contribution in [2.75, 3.05) is 33.4 Å². The molecule has 0 N–H and O–H groups in total. The molecule has 2 aromatic carbocycles. The maximum absolute atomic E-state index is 12.4. The molecule has 0 radical (unpaired) electrons. The quantitative estimate of drug-likeness (QED) is 0.639. The van der Waals surface area contributed by atoms with Gasteiger partial charge in [-0.2, -0.15) is 0 Å². The van der Waals surface area contributed by atoms with E-state index in [0.717, 1.165) is 41.9 Å². The Morgan fingerprint density at radius 2 is 1.48 bits per heavy atom. The molecule has 3 nitrogen and oxygen atoms in total. The molecule has 3 heteroatoms. The van der Waals surface area contributed by atoms with Gasteiger partial charge in [-0.3, -0.25) is 9.28 Å². The molecule has 1 aliphatic heterocycles. The van der Waals surface area contributed by atoms with Crippen molar-refractivity contribution in [2.24, 2.45) is 0 Å². The number of benzene rings is 2. The second-order valence-corrected chi connectivity index (χ2v) is 5.70. The van der Waals surface area contributed by atoms with Crippen LogP contribution in [0.5, 0.6) is 0 Å². The van der Waals surface area contributed by atoms with Crippen molar-refractivity contribution in [1.29, 1.82) is 0 Å². The van der Waals surface area contributed by atoms with Gasteiger partial charge in [0, 0.05) is 11.1 Å². The van der Waals surface area contributed by atoms with Crippen LogP contribution in [0.4, 0.5) is 5.69 Å². The largest absolute Gasteiger partial charge is 0.370 e. The van der Waals surface area contributed by atoms with Crippen LogP contribution in [0, 0.1) is 0 Å². The lowest BCUT2D eigenvalue weighted by atomic mass is 10.0. The summed E-state index contributed by atoms with van der Waals surface area (Å²) in [7, 11) is 2.22. The topological polar surface area (TPSA) is 26.3 Å². The van der Waals surface area contributed by atoms with Gasteiger partial charge >= 0.3 is 0 Å². The third-order valence-electron chi connectivity index (χ3n) is 4.25. The summed E-state index contributed by atoms with van der Waals surface area (Å²) in [5.41, 5.74) is 2.71. The van der Waals surface area contributed by atoms with E-state index >= 15 is 0 Å². The average Bonchev–Trinajstić information content (AvgIpc) is 2.56. The second kappa shape index (κ2) is 5.80. The summed E-state index contributed by atoms with van der Waals surface area (Å²) < 4.78 is 6.31. The Bertz CT molecular complexity index is 613. The SMILES string of the molecule is C[N+]1(c2ccc(C(=O)c3ccccc3)cc2)CCOCC1. The van der Waals surface area contributed by atoms with Crippen LogP contribution in [0.1, 0.15) is 15.9 Å². The Morgan fingerprint density at radius 1 is 0.905 bits per heavy atom. The summed E-state index contributed by atoms with van der Waals surface area (Å²) in [6.07, 6.45) is 0. The van der Waals surface area contributed by atoms with Gasteiger partial charge in [-0.25, -0.2) is 0 Å². The van der Waals surface area contributed by atoms with Crippen molar-refractivity contribution < 1.29 is 9.53 Å². The molecule has 1 heterocycles. The molecule has 0 unspecified atom stereocenters. The zero-order chi connectivity index (χ0) is 14.7. The highest BCUT2D eigenvalue weighted by Gasteiger charge is 2.28. The smallest absolute Gasteiger partial charge is 0.193 e. The minimum atomic E-state index is 0.0757. The normalized spacial score (nSPS) is 17.4. The fourth-order valence-electron chi connectivity index (χ4n) is 2.73. The van der Waals surface area contributed by atoms with E-state index in [0.29, 0.717) is 0 Å². The van der Waals surface area contributed by atoms with Crippen molar-refractivity contribution in [2.45, 2.75) is 0 Å². The lowest BCUT2D eigenvalue weighted by Crippen LogP contribution is -2.53. The van der Waals surface area contributed by atoms with Crippen LogP contribution in [-0.2, 0) is 4.74 Å². The van der Waals surface area contributed by atoms with E-state index in [1.807, 2.05) is 42.5 Å². The van der Waals surface area contributed by atoms with E-state index in [9.17, 15) is 4.79 Å². The lowest BCUT2D eigenvalue weighted by Gasteiger charge is -2.37. The summed E-state index contributed by atoms with van der Waals surface area (Å²) in [6.45, 7) is 3.54. The predicted octanol–water partition coefficient (Wildman–Crippen LogP) is 2.88. The van der Waals surface area contributed by atoms with Crippen LogP contribution >= 0.6 is 0 Å². The standard InChI is InChI=1S/C18H20NO2/c1-19(11-13-21-14-12-19)17-9-7-16(8-10-17)18(20)15-5-3-2-4-6-15/h2-10H,11-14H2,1H3/q+1. The summed E-state index contributed by atoms with van der Waals surface area (Å²) in [5, 5.41) is 0. The number of carbonyl (C=O) groups excluding carboxylic acids is 1. The number of morpholine rings is 1. The second-order valence-electron chi connectivity index (χ2n) is 5.70. The molecule has 1 aliphatic rings. The Labute approximate surface area is 125 Å². The maximum Gasteiger partial charge on any atom is 0.193 e. The van der Waals surface area contributed by atoms with Crippen molar-refractivity contribution in [3.05, 3.63) is 65.7 Å². The Kier molecular flexibility index (Phi) is 3.86. The molecule has 2 aromatic rings. The molecule has 21 heavy (non-hydrogen) atoms. The van der Waals surface area contributed by atoms with E-state index < -0.39 is 0 Å². The van der Waals surface area contributed by atoms with E-state index in [1.165, 1.54) is 5.69 Å². The van der Waals surface area contributed by atoms with Crippen LogP contribution in [0.2, 0.25) is 0 Å². The van der Waals surface area contributed by atoms with Gasteiger partial charge in [-0.1, -0.05) is 30.3 Å². The van der Waals surface area contributed by atoms with Crippen LogP contribution in [0.25, 0.3) is 0 Å². The molecule has 0 spiro atoms. The lowest BCUT2D eigenvalue weighted by molar-refractivity contribution is 0.0526. The summed E-state index contributed by atoms with van der Waals surface area (Å²) in [6, 6.07) is 17.4. The van der Waals surface area contributed by atoms with Gasteiger partial charge in [0.05, 0.1) is 20.3 Å². The molecule has 0 bridgehead atoms. The molecule has 0 atom stereocenters. The predicted molar refractivity (Wildman–Crippen MR) is 84.6 cm³/mol. The molecule has 3 rings (SSSR count). The fraction of sp³-hybridized carbons (Fsp3) is 0.278. The molecule has 108 valence electrons. The van der Waals surface area contributed by atoms with Gasteiger partial charge in [0.15, 0.2) is 5.78 Å². The molecule has 1 saturated heterocycles. The van der Waals surface area contributed by atoms with E-state index in [2.05, 4.69) is 19.2 Å². The Hall–Kier alpha value is -1.97. The van der Waals surface area contributed by atoms with Gasteiger partial charge in [0.2, 0.25) is 0 Å². The van der Waals surface area contributed by atoms with Gasteiger partial charge < -0.3 is 4.74 Å². The highest BCUT2D eigenvalue weighted by molar-refractivity contribution is 6.09. The monoisotopic (exact) mass is 282 g/mol. The highest BCUT2D eigenvalue weighted by Crippen LogP contribution is 2.24. The van der Waals surface area contributed by atoms with Gasteiger partial charge in [0.1, 0.15) is 18.8 Å². The van der Waals surface area contributed by atoms with Crippen LogP contribution < -0.4 is 4.48 Å². The molecule has 0 saturated carbocycles. The number of carbonyl (C=O) groups is 1. The van der Waals surface area contributed by atoms with Gasteiger partial charge in [-0.15, -0.1) is 0 Å². The first kappa shape index (κ1) is 14.0. The summed E-state index contributed by atoms with van der Waals surface area (Å²) in [5.74, 6) is 0.0757. The molecule has 0 aliphatic carbocycles. The fourth-order valence-corrected chi connectivity index (χ4v) is 2.73. The molecular formula is C18H20NO2+. The number of nitrogens with zero attached hydrogens (tertiary/aromatic N) is 1. The average molecular weight is 282 g/mol. The summed E-state index contributed by atoms with van der Waals surface area (Å²) in [4.78, 5) is 12.4. The summed E-state index contributed by atoms with van der Waals surface area (Å²) >= 11 is 0. The first-order valence-corrected chi connectivity index (χ1v) is 7.32. The minimum absolute atomic E-state index is 0.0757. The zero-order valence-electron chi connectivity index (χ0n) is 12.3. The third-order valence-corrected chi connectivity index (χ3v) is 4.25. The van der Waals surface area contributed by atoms with Crippen molar-refractivity contribution in [3.63, 3.8) is 0 Å². The molecule has 1 fully saturated rings. The first-order valence-electron chi connectivity index (χ1n) is 7.32. The van der Waals surface area contributed by atoms with E-state index in [4.69, 9.17) is 4.74 Å². The Morgan fingerprint density at radius 3 is 2.10 bits per heavy atom. The van der Waals surface area contributed by atoms with Crippen molar-refractivity contribution in [1.82, 2.24) is 4.48 Å². The van der Waals surface area contributed by atoms with Crippen molar-refractivity contribution in [3.8, 4) is 0 Å². The number of rotatable bonds is 3.